The summed E-state index contributed by atoms with van der Waals surface area (Å²) in [6, 6.07) is 5.76. The summed E-state index contributed by atoms with van der Waals surface area (Å²) < 4.78 is 46.0. The standard InChI is InChI=1S/C21H21F3N4O2.2C2H6/c1-30-18-11-16-14(12-28(27-16)15-5-3-2-4-6-15)9-17(18)26-20(29)13-7-8-25-19(10-13)21(22,23)24;2*1-2/h7-12,15H,2-6H2,1H3,(H,26,29);2*1-2H3. The van der Waals surface area contributed by atoms with Gasteiger partial charge in [0, 0.05) is 29.4 Å². The largest absolute Gasteiger partial charge is 0.494 e. The third-order valence-electron chi connectivity index (χ3n) is 5.35. The summed E-state index contributed by atoms with van der Waals surface area (Å²) in [7, 11) is 1.46. The molecule has 9 heteroatoms. The summed E-state index contributed by atoms with van der Waals surface area (Å²) in [4.78, 5) is 15.8. The zero-order valence-electron chi connectivity index (χ0n) is 20.4. The van der Waals surface area contributed by atoms with Gasteiger partial charge in [0.25, 0.3) is 5.91 Å². The van der Waals surface area contributed by atoms with Gasteiger partial charge in [-0.25, -0.2) is 0 Å². The summed E-state index contributed by atoms with van der Waals surface area (Å²) in [6.45, 7) is 8.00. The molecule has 1 saturated carbocycles. The van der Waals surface area contributed by atoms with Crippen molar-refractivity contribution in [2.24, 2.45) is 0 Å². The predicted octanol–water partition coefficient (Wildman–Crippen LogP) is 7.27. The molecule has 0 spiro atoms. The second kappa shape index (κ2) is 12.4. The number of benzene rings is 1. The monoisotopic (exact) mass is 478 g/mol. The second-order valence-corrected chi connectivity index (χ2v) is 7.39. The Kier molecular flexibility index (Phi) is 9.89. The normalized spacial score (nSPS) is 13.9. The molecule has 2 aromatic heterocycles. The SMILES string of the molecule is CC.CC.COc1cc2nn(C3CCCCC3)cc2cc1NC(=O)c1ccnc(C(F)(F)F)c1. The Morgan fingerprint density at radius 1 is 1.09 bits per heavy atom. The van der Waals surface area contributed by atoms with E-state index in [-0.39, 0.29) is 5.56 Å². The smallest absolute Gasteiger partial charge is 0.433 e. The summed E-state index contributed by atoms with van der Waals surface area (Å²) in [5.41, 5.74) is -0.161. The predicted molar refractivity (Wildman–Crippen MR) is 128 cm³/mol. The van der Waals surface area contributed by atoms with Crippen molar-refractivity contribution in [3.05, 3.63) is 47.9 Å². The van der Waals surface area contributed by atoms with Gasteiger partial charge < -0.3 is 10.1 Å². The van der Waals surface area contributed by atoms with E-state index < -0.39 is 17.8 Å². The molecule has 1 fully saturated rings. The molecule has 1 aliphatic rings. The lowest BCUT2D eigenvalue weighted by Crippen LogP contribution is -2.15. The third kappa shape index (κ3) is 6.48. The number of alkyl halides is 3. The van der Waals surface area contributed by atoms with E-state index in [1.165, 1.54) is 32.4 Å². The molecule has 0 saturated heterocycles. The van der Waals surface area contributed by atoms with E-state index in [4.69, 9.17) is 4.74 Å². The Labute approximate surface area is 198 Å². The molecule has 0 atom stereocenters. The van der Waals surface area contributed by atoms with Crippen molar-refractivity contribution < 1.29 is 22.7 Å². The lowest BCUT2D eigenvalue weighted by molar-refractivity contribution is -0.141. The first-order valence-corrected chi connectivity index (χ1v) is 11.8. The highest BCUT2D eigenvalue weighted by molar-refractivity contribution is 6.06. The number of halogens is 3. The fraction of sp³-hybridized carbons (Fsp3) is 0.480. The average Bonchev–Trinajstić information content (AvgIpc) is 3.29. The molecule has 3 aromatic rings. The van der Waals surface area contributed by atoms with Gasteiger partial charge in [0.15, 0.2) is 0 Å². The number of ether oxygens (including phenoxy) is 1. The number of methoxy groups -OCH3 is 1. The van der Waals surface area contributed by atoms with Crippen LogP contribution in [0.15, 0.2) is 36.7 Å². The zero-order valence-corrected chi connectivity index (χ0v) is 20.4. The Morgan fingerprint density at radius 2 is 1.76 bits per heavy atom. The number of rotatable bonds is 4. The van der Waals surface area contributed by atoms with Crippen molar-refractivity contribution in [2.75, 3.05) is 12.4 Å². The van der Waals surface area contributed by atoms with Crippen LogP contribution < -0.4 is 10.1 Å². The number of fused-ring (bicyclic) bond motifs is 1. The molecule has 0 bridgehead atoms. The number of hydrogen-bond acceptors (Lipinski definition) is 4. The van der Waals surface area contributed by atoms with Gasteiger partial charge in [0.05, 0.1) is 24.4 Å². The van der Waals surface area contributed by atoms with Crippen LogP contribution in [0, 0.1) is 0 Å². The van der Waals surface area contributed by atoms with Crippen LogP contribution in [0.1, 0.15) is 81.9 Å². The van der Waals surface area contributed by atoms with Crippen molar-refractivity contribution in [2.45, 2.75) is 72.0 Å². The van der Waals surface area contributed by atoms with Crippen LogP contribution in [0.4, 0.5) is 18.9 Å². The van der Waals surface area contributed by atoms with E-state index in [1.54, 1.807) is 12.1 Å². The number of aromatic nitrogens is 3. The van der Waals surface area contributed by atoms with Crippen LogP contribution in [0.5, 0.6) is 5.75 Å². The number of carbonyl (C=O) groups is 1. The number of anilines is 1. The first-order valence-electron chi connectivity index (χ1n) is 11.8. The van der Waals surface area contributed by atoms with Crippen molar-refractivity contribution in [1.29, 1.82) is 0 Å². The number of pyridine rings is 1. The molecule has 0 unspecified atom stereocenters. The Balaban J connectivity index is 0.000000970. The van der Waals surface area contributed by atoms with Crippen LogP contribution in [0.2, 0.25) is 0 Å². The maximum Gasteiger partial charge on any atom is 0.433 e. The molecule has 34 heavy (non-hydrogen) atoms. The van der Waals surface area contributed by atoms with Gasteiger partial charge in [0.1, 0.15) is 11.4 Å². The number of amides is 1. The van der Waals surface area contributed by atoms with E-state index in [0.29, 0.717) is 17.5 Å². The summed E-state index contributed by atoms with van der Waals surface area (Å²) in [6.07, 6.45) is 4.04. The third-order valence-corrected chi connectivity index (χ3v) is 5.35. The molecule has 1 aliphatic carbocycles. The molecule has 0 radical (unpaired) electrons. The van der Waals surface area contributed by atoms with Gasteiger partial charge >= 0.3 is 6.18 Å². The van der Waals surface area contributed by atoms with Crippen molar-refractivity contribution in [3.8, 4) is 5.75 Å². The van der Waals surface area contributed by atoms with Crippen LogP contribution >= 0.6 is 0 Å². The first kappa shape index (κ1) is 27.1. The molecule has 0 aliphatic heterocycles. The number of hydrogen-bond donors (Lipinski definition) is 1. The van der Waals surface area contributed by atoms with Gasteiger partial charge in [0.2, 0.25) is 0 Å². The quantitative estimate of drug-likeness (QED) is 0.428. The van der Waals surface area contributed by atoms with Crippen molar-refractivity contribution in [3.63, 3.8) is 0 Å². The van der Waals surface area contributed by atoms with Gasteiger partial charge in [-0.1, -0.05) is 47.0 Å². The van der Waals surface area contributed by atoms with Crippen LogP contribution in [-0.2, 0) is 6.18 Å². The lowest BCUT2D eigenvalue weighted by atomic mass is 9.96. The topological polar surface area (TPSA) is 69.0 Å². The lowest BCUT2D eigenvalue weighted by Gasteiger charge is -2.21. The molecular weight excluding hydrogens is 445 g/mol. The molecule has 1 aromatic carbocycles. The molecule has 1 N–H and O–H groups in total. The minimum atomic E-state index is -4.62. The molecule has 186 valence electrons. The minimum Gasteiger partial charge on any atom is -0.494 e. The van der Waals surface area contributed by atoms with Gasteiger partial charge in [-0.3, -0.25) is 14.5 Å². The Hall–Kier alpha value is -3.10. The van der Waals surface area contributed by atoms with Crippen LogP contribution in [0.3, 0.4) is 0 Å². The highest BCUT2D eigenvalue weighted by Crippen LogP contribution is 2.34. The van der Waals surface area contributed by atoms with Gasteiger partial charge in [-0.15, -0.1) is 0 Å². The fourth-order valence-corrected chi connectivity index (χ4v) is 3.79. The van der Waals surface area contributed by atoms with E-state index >= 15 is 0 Å². The highest BCUT2D eigenvalue weighted by atomic mass is 19.4. The second-order valence-electron chi connectivity index (χ2n) is 7.39. The molecule has 2 heterocycles. The van der Waals surface area contributed by atoms with E-state index in [1.807, 2.05) is 38.6 Å². The van der Waals surface area contributed by atoms with Crippen molar-refractivity contribution >= 4 is 22.5 Å². The van der Waals surface area contributed by atoms with E-state index in [2.05, 4.69) is 15.4 Å². The summed E-state index contributed by atoms with van der Waals surface area (Å²) >= 11 is 0. The zero-order chi connectivity index (χ0) is 25.3. The molecular formula is C25H33F3N4O2. The van der Waals surface area contributed by atoms with Crippen molar-refractivity contribution in [1.82, 2.24) is 14.8 Å². The minimum absolute atomic E-state index is 0.141. The van der Waals surface area contributed by atoms with Gasteiger partial charge in [-0.05, 0) is 31.0 Å². The Bertz CT molecular complexity index is 1070. The Morgan fingerprint density at radius 3 is 2.38 bits per heavy atom. The van der Waals surface area contributed by atoms with E-state index in [0.717, 1.165) is 36.0 Å². The number of nitrogens with one attached hydrogen (secondary N) is 1. The van der Waals surface area contributed by atoms with Crippen LogP contribution in [0.25, 0.3) is 10.9 Å². The average molecular weight is 479 g/mol. The molecule has 4 rings (SSSR count). The fourth-order valence-electron chi connectivity index (χ4n) is 3.79. The highest BCUT2D eigenvalue weighted by Gasteiger charge is 2.33. The maximum atomic E-state index is 12.9. The first-order chi connectivity index (χ1) is 16.3. The number of nitrogens with zero attached hydrogens (tertiary/aromatic N) is 3. The van der Waals surface area contributed by atoms with Crippen LogP contribution in [-0.4, -0.2) is 27.8 Å². The number of carbonyl (C=O) groups excluding carboxylic acids is 1. The van der Waals surface area contributed by atoms with E-state index in [9.17, 15) is 18.0 Å². The maximum absolute atomic E-state index is 12.9. The summed E-state index contributed by atoms with van der Waals surface area (Å²) in [5, 5.41) is 8.12. The molecule has 6 nitrogen and oxygen atoms in total. The molecule has 1 amide bonds. The summed E-state index contributed by atoms with van der Waals surface area (Å²) in [5.74, 6) is -0.296. The van der Waals surface area contributed by atoms with Gasteiger partial charge in [-0.2, -0.15) is 18.3 Å².